The zero-order valence-electron chi connectivity index (χ0n) is 23.1. The molecule has 1 unspecified atom stereocenters. The molecule has 0 bridgehead atoms. The number of benzene rings is 2. The summed E-state index contributed by atoms with van der Waals surface area (Å²) in [4.78, 5) is 15.1. The molecule has 0 radical (unpaired) electrons. The van der Waals surface area contributed by atoms with E-state index in [-0.39, 0.29) is 6.04 Å². The van der Waals surface area contributed by atoms with Gasteiger partial charge in [-0.15, -0.1) is 11.3 Å². The maximum atomic E-state index is 4.79. The average Bonchev–Trinajstić information content (AvgIpc) is 3.34. The van der Waals surface area contributed by atoms with E-state index in [1.807, 2.05) is 31.2 Å². The van der Waals surface area contributed by atoms with Crippen molar-refractivity contribution >= 4 is 17.3 Å². The summed E-state index contributed by atoms with van der Waals surface area (Å²) in [6.07, 6.45) is 11.3. The van der Waals surface area contributed by atoms with E-state index in [4.69, 9.17) is 9.97 Å². The number of nitrogens with one attached hydrogen (secondary N) is 1. The molecule has 0 aliphatic carbocycles. The minimum atomic E-state index is 0.121. The lowest BCUT2D eigenvalue weighted by Gasteiger charge is -2.14. The molecule has 4 aromatic rings. The molecular formula is C32H42N4S. The molecule has 2 aromatic heterocycles. The van der Waals surface area contributed by atoms with Crippen LogP contribution in [0.15, 0.2) is 66.9 Å². The Labute approximate surface area is 227 Å². The molecule has 4 nitrogen and oxygen atoms in total. The molecule has 1 N–H and O–H groups in total. The molecular weight excluding hydrogens is 472 g/mol. The zero-order chi connectivity index (χ0) is 26.5. The maximum Gasteiger partial charge on any atom is 0.223 e. The molecule has 1 atom stereocenters. The molecule has 5 heteroatoms. The summed E-state index contributed by atoms with van der Waals surface area (Å²) >= 11 is 1.67. The van der Waals surface area contributed by atoms with Gasteiger partial charge in [-0.05, 0) is 37.5 Å². The zero-order valence-corrected chi connectivity index (χ0v) is 23.9. The van der Waals surface area contributed by atoms with E-state index in [2.05, 4.69) is 74.4 Å². The predicted octanol–water partition coefficient (Wildman–Crippen LogP) is 9.68. The van der Waals surface area contributed by atoms with E-state index in [0.29, 0.717) is 5.95 Å². The highest BCUT2D eigenvalue weighted by Gasteiger charge is 2.16. The van der Waals surface area contributed by atoms with Crippen molar-refractivity contribution in [3.63, 3.8) is 0 Å². The number of hydrogen-bond donors (Lipinski definition) is 1. The Kier molecular flexibility index (Phi) is 11.8. The summed E-state index contributed by atoms with van der Waals surface area (Å²) in [5.74, 6) is 0.622. The Morgan fingerprint density at radius 3 is 2.11 bits per heavy atom. The van der Waals surface area contributed by atoms with Crippen molar-refractivity contribution in [3.05, 3.63) is 83.0 Å². The number of aromatic nitrogens is 3. The smallest absolute Gasteiger partial charge is 0.223 e. The van der Waals surface area contributed by atoms with Crippen LogP contribution in [0.1, 0.15) is 88.4 Å². The molecule has 0 aliphatic heterocycles. The van der Waals surface area contributed by atoms with E-state index in [9.17, 15) is 0 Å². The highest BCUT2D eigenvalue weighted by atomic mass is 32.1. The molecule has 2 heterocycles. The Bertz CT molecular complexity index is 1180. The summed E-state index contributed by atoms with van der Waals surface area (Å²) in [6.45, 7) is 10.8. The Morgan fingerprint density at radius 2 is 1.49 bits per heavy atom. The minimum absolute atomic E-state index is 0.121. The summed E-state index contributed by atoms with van der Waals surface area (Å²) in [5, 5.41) is 4.44. The Balaban J connectivity index is 0.000000414. The first kappa shape index (κ1) is 28.5. The third-order valence-corrected chi connectivity index (χ3v) is 7.35. The van der Waals surface area contributed by atoms with Crippen LogP contribution in [0.5, 0.6) is 0 Å². The first-order valence-electron chi connectivity index (χ1n) is 13.8. The van der Waals surface area contributed by atoms with E-state index >= 15 is 0 Å². The van der Waals surface area contributed by atoms with Crippen LogP contribution < -0.4 is 5.32 Å². The monoisotopic (exact) mass is 514 g/mol. The molecule has 0 aliphatic rings. The molecule has 0 amide bonds. The minimum Gasteiger partial charge on any atom is -0.348 e. The van der Waals surface area contributed by atoms with E-state index in [1.165, 1.54) is 49.7 Å². The third kappa shape index (κ3) is 8.78. The van der Waals surface area contributed by atoms with Gasteiger partial charge >= 0.3 is 0 Å². The fraction of sp³-hybridized carbons (Fsp3) is 0.406. The molecule has 2 aromatic carbocycles. The molecule has 0 fully saturated rings. The Morgan fingerprint density at radius 1 is 0.811 bits per heavy atom. The van der Waals surface area contributed by atoms with E-state index < -0.39 is 0 Å². The number of thiazole rings is 1. The van der Waals surface area contributed by atoms with Gasteiger partial charge in [-0.25, -0.2) is 15.0 Å². The predicted molar refractivity (Wildman–Crippen MR) is 160 cm³/mol. The van der Waals surface area contributed by atoms with Crippen molar-refractivity contribution in [2.45, 2.75) is 85.6 Å². The standard InChI is InChI=1S/C24H24N4S.C8H18/c1-4-18-10-12-20(13-11-18)22-23(29-17(3)27-22)21-14-15-25-24(28-21)26-16(2)19-8-6-5-7-9-19;1-3-5-7-8-6-4-2/h5-16H,4H2,1-3H3,(H,25,26,28);3-8H2,1-2H3. The molecule has 0 saturated carbocycles. The fourth-order valence-electron chi connectivity index (χ4n) is 4.12. The Hall–Kier alpha value is -3.05. The van der Waals surface area contributed by atoms with Gasteiger partial charge in [0.25, 0.3) is 0 Å². The number of aryl methyl sites for hydroxylation is 2. The number of hydrogen-bond acceptors (Lipinski definition) is 5. The van der Waals surface area contributed by atoms with Crippen molar-refractivity contribution in [2.24, 2.45) is 0 Å². The molecule has 4 rings (SSSR count). The van der Waals surface area contributed by atoms with Crippen LogP contribution in [0.3, 0.4) is 0 Å². The largest absolute Gasteiger partial charge is 0.348 e. The maximum absolute atomic E-state index is 4.79. The van der Waals surface area contributed by atoms with Gasteiger partial charge in [0, 0.05) is 11.8 Å². The first-order valence-corrected chi connectivity index (χ1v) is 14.6. The third-order valence-electron chi connectivity index (χ3n) is 6.36. The lowest BCUT2D eigenvalue weighted by molar-refractivity contribution is 0.624. The van der Waals surface area contributed by atoms with Crippen molar-refractivity contribution in [3.8, 4) is 21.8 Å². The van der Waals surface area contributed by atoms with Crippen LogP contribution in [-0.2, 0) is 6.42 Å². The van der Waals surface area contributed by atoms with Crippen molar-refractivity contribution < 1.29 is 0 Å². The van der Waals surface area contributed by atoms with Gasteiger partial charge in [0.2, 0.25) is 5.95 Å². The van der Waals surface area contributed by atoms with E-state index in [1.54, 1.807) is 17.5 Å². The summed E-state index contributed by atoms with van der Waals surface area (Å²) in [6, 6.07) is 21.0. The average molecular weight is 515 g/mol. The van der Waals surface area contributed by atoms with Crippen LogP contribution in [-0.4, -0.2) is 15.0 Å². The van der Waals surface area contributed by atoms with Gasteiger partial charge in [0.1, 0.15) is 0 Å². The van der Waals surface area contributed by atoms with Gasteiger partial charge in [0.05, 0.1) is 27.3 Å². The fourth-order valence-corrected chi connectivity index (χ4v) is 5.03. The van der Waals surface area contributed by atoms with Crippen LogP contribution in [0.25, 0.3) is 21.8 Å². The normalized spacial score (nSPS) is 11.5. The highest BCUT2D eigenvalue weighted by Crippen LogP contribution is 2.36. The van der Waals surface area contributed by atoms with Gasteiger partial charge in [0.15, 0.2) is 0 Å². The quantitative estimate of drug-likeness (QED) is 0.202. The molecule has 196 valence electrons. The van der Waals surface area contributed by atoms with Crippen LogP contribution in [0.4, 0.5) is 5.95 Å². The number of rotatable bonds is 11. The van der Waals surface area contributed by atoms with Gasteiger partial charge in [-0.3, -0.25) is 0 Å². The second-order valence-corrected chi connectivity index (χ2v) is 10.6. The first-order chi connectivity index (χ1) is 18.0. The van der Waals surface area contributed by atoms with Gasteiger partial charge in [-0.2, -0.15) is 0 Å². The van der Waals surface area contributed by atoms with Crippen LogP contribution >= 0.6 is 11.3 Å². The summed E-state index contributed by atoms with van der Waals surface area (Å²) in [7, 11) is 0. The second kappa shape index (κ2) is 15.3. The van der Waals surface area contributed by atoms with E-state index in [0.717, 1.165) is 33.3 Å². The molecule has 0 spiro atoms. The second-order valence-electron chi connectivity index (χ2n) is 9.42. The van der Waals surface area contributed by atoms with Crippen molar-refractivity contribution in [1.29, 1.82) is 0 Å². The van der Waals surface area contributed by atoms with Crippen molar-refractivity contribution in [1.82, 2.24) is 15.0 Å². The lowest BCUT2D eigenvalue weighted by Crippen LogP contribution is -2.09. The highest BCUT2D eigenvalue weighted by molar-refractivity contribution is 7.15. The van der Waals surface area contributed by atoms with Gasteiger partial charge < -0.3 is 5.32 Å². The number of unbranched alkanes of at least 4 members (excludes halogenated alkanes) is 5. The van der Waals surface area contributed by atoms with Gasteiger partial charge in [-0.1, -0.05) is 114 Å². The van der Waals surface area contributed by atoms with Crippen LogP contribution in [0.2, 0.25) is 0 Å². The summed E-state index contributed by atoms with van der Waals surface area (Å²) in [5.41, 5.74) is 5.52. The number of nitrogens with zero attached hydrogens (tertiary/aromatic N) is 3. The topological polar surface area (TPSA) is 50.7 Å². The van der Waals surface area contributed by atoms with Crippen molar-refractivity contribution in [2.75, 3.05) is 5.32 Å². The summed E-state index contributed by atoms with van der Waals surface area (Å²) < 4.78 is 0. The molecule has 37 heavy (non-hydrogen) atoms. The SMILES string of the molecule is CCCCCCCC.CCc1ccc(-c2nc(C)sc2-c2ccnc(NC(C)c3ccccc3)n2)cc1. The van der Waals surface area contributed by atoms with Crippen LogP contribution in [0, 0.1) is 6.92 Å². The lowest BCUT2D eigenvalue weighted by atomic mass is 10.1. The number of anilines is 1. The molecule has 0 saturated heterocycles.